The Balaban J connectivity index is 2.64. The van der Waals surface area contributed by atoms with Gasteiger partial charge in [0.15, 0.2) is 0 Å². The van der Waals surface area contributed by atoms with Gasteiger partial charge in [-0.1, -0.05) is 18.2 Å². The number of nitrogens with zero attached hydrogens (tertiary/aromatic N) is 1. The highest BCUT2D eigenvalue weighted by atomic mass is 79.9. The van der Waals surface area contributed by atoms with Gasteiger partial charge in [0.05, 0.1) is 15.7 Å². The van der Waals surface area contributed by atoms with E-state index in [1.54, 1.807) is 0 Å². The maximum absolute atomic E-state index is 12.8. The normalized spacial score (nSPS) is 11.6. The molecule has 0 aliphatic carbocycles. The summed E-state index contributed by atoms with van der Waals surface area (Å²) in [4.78, 5) is 11.1. The molecule has 0 atom stereocenters. The Labute approximate surface area is 108 Å². The first-order chi connectivity index (χ1) is 8.39. The van der Waals surface area contributed by atoms with Crippen LogP contribution in [0.25, 0.3) is 11.3 Å². The number of halogens is 4. The fraction of sp³-hybridized carbons (Fsp3) is 0.0909. The molecular weight excluding hydrogens is 313 g/mol. The summed E-state index contributed by atoms with van der Waals surface area (Å²) < 4.78 is 38.5. The molecule has 0 saturated heterocycles. The van der Waals surface area contributed by atoms with Gasteiger partial charge >= 0.3 is 6.18 Å². The van der Waals surface area contributed by atoms with Crippen molar-refractivity contribution in [2.45, 2.75) is 6.18 Å². The van der Waals surface area contributed by atoms with Gasteiger partial charge in [0.2, 0.25) is 0 Å². The average Bonchev–Trinajstić information content (AvgIpc) is 2.32. The second-order valence-corrected chi connectivity index (χ2v) is 4.33. The minimum Gasteiger partial charge on any atom is -0.267 e. The molecule has 18 heavy (non-hydrogen) atoms. The van der Waals surface area contributed by atoms with Gasteiger partial charge in [-0.05, 0) is 28.1 Å². The highest BCUT2D eigenvalue weighted by Crippen LogP contribution is 2.36. The standard InChI is InChI=1S/C11H6BrF3N2O/c12-8-5-9(16-17-10(8)18)6-3-1-2-4-7(6)11(13,14)15/h1-5H,(H,17,18). The SMILES string of the molecule is O=c1[nH]nc(-c2ccccc2C(F)(F)F)cc1Br. The third-order valence-electron chi connectivity index (χ3n) is 2.27. The van der Waals surface area contributed by atoms with Crippen molar-refractivity contribution in [2.75, 3.05) is 0 Å². The van der Waals surface area contributed by atoms with Gasteiger partial charge in [0.1, 0.15) is 0 Å². The van der Waals surface area contributed by atoms with Crippen molar-refractivity contribution < 1.29 is 13.2 Å². The third kappa shape index (κ3) is 2.45. The van der Waals surface area contributed by atoms with E-state index in [1.165, 1.54) is 24.3 Å². The van der Waals surface area contributed by atoms with Crippen LogP contribution in [0.2, 0.25) is 0 Å². The lowest BCUT2D eigenvalue weighted by Gasteiger charge is -2.11. The van der Waals surface area contributed by atoms with E-state index in [9.17, 15) is 18.0 Å². The number of aromatic amines is 1. The van der Waals surface area contributed by atoms with Crippen molar-refractivity contribution in [1.82, 2.24) is 10.2 Å². The van der Waals surface area contributed by atoms with Crippen molar-refractivity contribution in [3.05, 3.63) is 50.7 Å². The Morgan fingerprint density at radius 1 is 1.22 bits per heavy atom. The second-order valence-electron chi connectivity index (χ2n) is 3.47. The molecule has 0 saturated carbocycles. The van der Waals surface area contributed by atoms with E-state index in [0.717, 1.165) is 6.07 Å². The van der Waals surface area contributed by atoms with Crippen LogP contribution in [0.4, 0.5) is 13.2 Å². The largest absolute Gasteiger partial charge is 0.417 e. The number of benzene rings is 1. The van der Waals surface area contributed by atoms with Gasteiger partial charge in [0, 0.05) is 5.56 Å². The molecule has 0 aliphatic heterocycles. The number of H-pyrrole nitrogens is 1. The zero-order valence-electron chi connectivity index (χ0n) is 8.75. The molecule has 7 heteroatoms. The molecule has 1 aromatic carbocycles. The summed E-state index contributed by atoms with van der Waals surface area (Å²) in [5.74, 6) is 0. The second kappa shape index (κ2) is 4.56. The van der Waals surface area contributed by atoms with E-state index >= 15 is 0 Å². The van der Waals surface area contributed by atoms with Crippen molar-refractivity contribution >= 4 is 15.9 Å². The summed E-state index contributed by atoms with van der Waals surface area (Å²) in [5, 5.41) is 5.74. The molecule has 94 valence electrons. The Morgan fingerprint density at radius 2 is 1.89 bits per heavy atom. The first-order valence-electron chi connectivity index (χ1n) is 4.81. The van der Waals surface area contributed by atoms with Crippen molar-refractivity contribution in [3.63, 3.8) is 0 Å². The number of nitrogens with one attached hydrogen (secondary N) is 1. The zero-order chi connectivity index (χ0) is 13.3. The van der Waals surface area contributed by atoms with Gasteiger partial charge in [-0.2, -0.15) is 18.3 Å². The van der Waals surface area contributed by atoms with Crippen LogP contribution < -0.4 is 5.56 Å². The summed E-state index contributed by atoms with van der Waals surface area (Å²) in [6, 6.07) is 6.30. The smallest absolute Gasteiger partial charge is 0.267 e. The molecule has 1 aromatic heterocycles. The van der Waals surface area contributed by atoms with Crippen LogP contribution in [0.3, 0.4) is 0 Å². The zero-order valence-corrected chi connectivity index (χ0v) is 10.3. The first kappa shape index (κ1) is 12.8. The fourth-order valence-corrected chi connectivity index (χ4v) is 1.78. The summed E-state index contributed by atoms with van der Waals surface area (Å²) in [7, 11) is 0. The van der Waals surface area contributed by atoms with Crippen LogP contribution in [-0.4, -0.2) is 10.2 Å². The Hall–Kier alpha value is -1.63. The van der Waals surface area contributed by atoms with E-state index in [4.69, 9.17) is 0 Å². The molecule has 0 bridgehead atoms. The molecule has 2 rings (SSSR count). The Bertz CT molecular complexity index is 637. The first-order valence-corrected chi connectivity index (χ1v) is 5.60. The number of alkyl halides is 3. The summed E-state index contributed by atoms with van der Waals surface area (Å²) in [6.07, 6.45) is -4.47. The van der Waals surface area contributed by atoms with Gasteiger partial charge in [-0.15, -0.1) is 0 Å². The topological polar surface area (TPSA) is 45.8 Å². The van der Waals surface area contributed by atoms with E-state index < -0.39 is 17.3 Å². The van der Waals surface area contributed by atoms with Crippen LogP contribution in [-0.2, 0) is 6.18 Å². The summed E-state index contributed by atoms with van der Waals surface area (Å²) in [5.41, 5.74) is -1.32. The lowest BCUT2D eigenvalue weighted by molar-refractivity contribution is -0.137. The highest BCUT2D eigenvalue weighted by molar-refractivity contribution is 9.10. The number of hydrogen-bond donors (Lipinski definition) is 1. The molecule has 3 nitrogen and oxygen atoms in total. The predicted molar refractivity (Wildman–Crippen MR) is 63.0 cm³/mol. The minimum absolute atomic E-state index is 0.0504. The van der Waals surface area contributed by atoms with Crippen molar-refractivity contribution in [1.29, 1.82) is 0 Å². The summed E-state index contributed by atoms with van der Waals surface area (Å²) in [6.45, 7) is 0. The van der Waals surface area contributed by atoms with Crippen molar-refractivity contribution in [3.8, 4) is 11.3 Å². The monoisotopic (exact) mass is 318 g/mol. The Kier molecular flexibility index (Phi) is 3.25. The highest BCUT2D eigenvalue weighted by Gasteiger charge is 2.33. The minimum atomic E-state index is -4.47. The molecule has 1 heterocycles. The van der Waals surface area contributed by atoms with Gasteiger partial charge in [-0.3, -0.25) is 4.79 Å². The maximum Gasteiger partial charge on any atom is 0.417 e. The van der Waals surface area contributed by atoms with Gasteiger partial charge in [-0.25, -0.2) is 5.10 Å². The van der Waals surface area contributed by atoms with Crippen LogP contribution in [0.15, 0.2) is 39.6 Å². The van der Waals surface area contributed by atoms with Crippen LogP contribution in [0.1, 0.15) is 5.56 Å². The number of aromatic nitrogens is 2. The van der Waals surface area contributed by atoms with E-state index in [1.807, 2.05) is 0 Å². The summed E-state index contributed by atoms with van der Waals surface area (Å²) >= 11 is 2.95. The van der Waals surface area contributed by atoms with Gasteiger partial charge < -0.3 is 0 Å². The van der Waals surface area contributed by atoms with E-state index in [-0.39, 0.29) is 15.7 Å². The van der Waals surface area contributed by atoms with Crippen LogP contribution in [0.5, 0.6) is 0 Å². The fourth-order valence-electron chi connectivity index (χ4n) is 1.47. The molecule has 0 aliphatic rings. The van der Waals surface area contributed by atoms with E-state index in [0.29, 0.717) is 0 Å². The lowest BCUT2D eigenvalue weighted by Crippen LogP contribution is -2.11. The number of hydrogen-bond acceptors (Lipinski definition) is 2. The predicted octanol–water partition coefficient (Wildman–Crippen LogP) is 3.22. The van der Waals surface area contributed by atoms with E-state index in [2.05, 4.69) is 26.1 Å². The molecule has 1 N–H and O–H groups in total. The molecular formula is C11H6BrF3N2O. The number of rotatable bonds is 1. The molecule has 2 aromatic rings. The molecule has 0 fully saturated rings. The average molecular weight is 319 g/mol. The maximum atomic E-state index is 12.8. The van der Waals surface area contributed by atoms with Gasteiger partial charge in [0.25, 0.3) is 5.56 Å². The van der Waals surface area contributed by atoms with Crippen molar-refractivity contribution in [2.24, 2.45) is 0 Å². The van der Waals surface area contributed by atoms with Crippen LogP contribution in [0, 0.1) is 0 Å². The molecule has 0 radical (unpaired) electrons. The van der Waals surface area contributed by atoms with Crippen LogP contribution >= 0.6 is 15.9 Å². The molecule has 0 amide bonds. The third-order valence-corrected chi connectivity index (χ3v) is 2.86. The molecule has 0 spiro atoms. The lowest BCUT2D eigenvalue weighted by atomic mass is 10.0. The quantitative estimate of drug-likeness (QED) is 0.877. The molecule has 0 unspecified atom stereocenters. The Morgan fingerprint density at radius 3 is 2.50 bits per heavy atom.